The second kappa shape index (κ2) is 10.9. The Labute approximate surface area is 178 Å². The van der Waals surface area contributed by atoms with Crippen LogP contribution in [0.15, 0.2) is 36.4 Å². The second-order valence-electron chi connectivity index (χ2n) is 6.98. The molecule has 0 aliphatic carbocycles. The zero-order chi connectivity index (χ0) is 19.9. The van der Waals surface area contributed by atoms with Crippen LogP contribution in [0.4, 0.5) is 0 Å². The first-order valence-electron chi connectivity index (χ1n) is 9.51. The van der Waals surface area contributed by atoms with Gasteiger partial charge in [0.15, 0.2) is 11.5 Å². The van der Waals surface area contributed by atoms with Crippen LogP contribution in [-0.4, -0.2) is 40.3 Å². The average molecular weight is 421 g/mol. The van der Waals surface area contributed by atoms with Crippen LogP contribution in [0.5, 0.6) is 17.2 Å². The van der Waals surface area contributed by atoms with Gasteiger partial charge in [0.2, 0.25) is 5.75 Å². The number of methoxy groups -OCH3 is 3. The molecule has 7 heteroatoms. The number of carbonyl (C=O) groups is 1. The molecular formula is C22H29ClN2O4. The van der Waals surface area contributed by atoms with E-state index >= 15 is 0 Å². The predicted octanol–water partition coefficient (Wildman–Crippen LogP) is 3.22. The molecular weight excluding hydrogens is 392 g/mol. The molecule has 29 heavy (non-hydrogen) atoms. The monoisotopic (exact) mass is 420 g/mol. The molecule has 0 radical (unpaired) electrons. The lowest BCUT2D eigenvalue weighted by Gasteiger charge is -2.14. The number of benzene rings is 2. The molecule has 0 saturated carbocycles. The highest BCUT2D eigenvalue weighted by atomic mass is 35.5. The van der Waals surface area contributed by atoms with Crippen molar-refractivity contribution in [1.29, 1.82) is 0 Å². The number of ether oxygens (including phenoxy) is 3. The lowest BCUT2D eigenvalue weighted by molar-refractivity contribution is 0.0950. The normalized spacial score (nSPS) is 15.3. The number of carbonyl (C=O) groups excluding carboxylic acids is 1. The molecule has 1 heterocycles. The zero-order valence-corrected chi connectivity index (χ0v) is 17.9. The summed E-state index contributed by atoms with van der Waals surface area (Å²) in [6.07, 6.45) is 2.19. The Morgan fingerprint density at radius 2 is 1.79 bits per heavy atom. The van der Waals surface area contributed by atoms with Gasteiger partial charge in [0, 0.05) is 12.1 Å². The minimum atomic E-state index is -0.0971. The maximum absolute atomic E-state index is 12.6. The van der Waals surface area contributed by atoms with Crippen molar-refractivity contribution in [2.24, 2.45) is 5.92 Å². The van der Waals surface area contributed by atoms with E-state index in [0.717, 1.165) is 25.1 Å². The number of hydrogen-bond acceptors (Lipinski definition) is 5. The highest BCUT2D eigenvalue weighted by Crippen LogP contribution is 2.38. The summed E-state index contributed by atoms with van der Waals surface area (Å²) in [5, 5.41) is 6.36. The van der Waals surface area contributed by atoms with Gasteiger partial charge in [-0.3, -0.25) is 4.79 Å². The summed E-state index contributed by atoms with van der Waals surface area (Å²) >= 11 is 0. The molecule has 1 aliphatic rings. The van der Waals surface area contributed by atoms with Crippen LogP contribution in [0.25, 0.3) is 0 Å². The van der Waals surface area contributed by atoms with E-state index in [0.29, 0.717) is 35.3 Å². The maximum Gasteiger partial charge on any atom is 0.251 e. The van der Waals surface area contributed by atoms with Crippen LogP contribution < -0.4 is 24.8 Å². The molecule has 3 rings (SSSR count). The summed E-state index contributed by atoms with van der Waals surface area (Å²) < 4.78 is 16.1. The first-order chi connectivity index (χ1) is 13.6. The zero-order valence-electron chi connectivity index (χ0n) is 17.1. The van der Waals surface area contributed by atoms with Crippen molar-refractivity contribution in [3.05, 3.63) is 53.1 Å². The van der Waals surface area contributed by atoms with Crippen molar-refractivity contribution in [3.63, 3.8) is 0 Å². The van der Waals surface area contributed by atoms with Gasteiger partial charge >= 0.3 is 0 Å². The van der Waals surface area contributed by atoms with Gasteiger partial charge in [0.1, 0.15) is 0 Å². The summed E-state index contributed by atoms with van der Waals surface area (Å²) in [6, 6.07) is 11.6. The Bertz CT molecular complexity index is 797. The van der Waals surface area contributed by atoms with Crippen molar-refractivity contribution in [2.45, 2.75) is 19.4 Å². The van der Waals surface area contributed by atoms with Crippen molar-refractivity contribution in [3.8, 4) is 17.2 Å². The molecule has 2 aromatic rings. The Morgan fingerprint density at radius 3 is 2.38 bits per heavy atom. The van der Waals surface area contributed by atoms with Crippen LogP contribution in [0.1, 0.15) is 27.9 Å². The minimum absolute atomic E-state index is 0. The van der Waals surface area contributed by atoms with E-state index in [1.165, 1.54) is 12.0 Å². The second-order valence-corrected chi connectivity index (χ2v) is 6.98. The summed E-state index contributed by atoms with van der Waals surface area (Å²) in [4.78, 5) is 12.6. The molecule has 0 aromatic heterocycles. The Hall–Kier alpha value is -2.44. The van der Waals surface area contributed by atoms with Crippen molar-refractivity contribution in [2.75, 3.05) is 34.4 Å². The molecule has 2 N–H and O–H groups in total. The lowest BCUT2D eigenvalue weighted by Crippen LogP contribution is -2.23. The van der Waals surface area contributed by atoms with Crippen LogP contribution in [0, 0.1) is 5.92 Å². The Morgan fingerprint density at radius 1 is 1.07 bits per heavy atom. The van der Waals surface area contributed by atoms with E-state index in [9.17, 15) is 4.79 Å². The van der Waals surface area contributed by atoms with E-state index in [1.54, 1.807) is 21.3 Å². The molecule has 1 aliphatic heterocycles. The molecule has 2 aromatic carbocycles. The van der Waals surface area contributed by atoms with Gasteiger partial charge in [-0.1, -0.05) is 12.1 Å². The van der Waals surface area contributed by atoms with Crippen LogP contribution in [0.3, 0.4) is 0 Å². The highest BCUT2D eigenvalue weighted by molar-refractivity contribution is 5.94. The van der Waals surface area contributed by atoms with Crippen LogP contribution in [-0.2, 0) is 13.0 Å². The number of amides is 1. The van der Waals surface area contributed by atoms with Crippen molar-refractivity contribution < 1.29 is 19.0 Å². The fraction of sp³-hybridized carbons (Fsp3) is 0.409. The van der Waals surface area contributed by atoms with Gasteiger partial charge in [-0.15, -0.1) is 12.4 Å². The lowest BCUT2D eigenvalue weighted by atomic mass is 9.97. The van der Waals surface area contributed by atoms with Crippen LogP contribution >= 0.6 is 12.4 Å². The third kappa shape index (κ3) is 5.78. The van der Waals surface area contributed by atoms with E-state index in [4.69, 9.17) is 14.2 Å². The minimum Gasteiger partial charge on any atom is -0.493 e. The van der Waals surface area contributed by atoms with E-state index < -0.39 is 0 Å². The molecule has 1 amide bonds. The molecule has 1 unspecified atom stereocenters. The summed E-state index contributed by atoms with van der Waals surface area (Å²) in [5.41, 5.74) is 2.75. The molecule has 1 atom stereocenters. The van der Waals surface area contributed by atoms with Gasteiger partial charge in [-0.05, 0) is 67.2 Å². The standard InChI is InChI=1S/C22H28N2O4.ClH/c1-26-19-11-17(12-20(27-2)21(19)28-3)14-24-22(25)18-6-4-5-15(10-18)9-16-7-8-23-13-16;/h4-6,10-12,16,23H,7-9,13-14H2,1-3H3,(H,24,25);1H. The Kier molecular flexibility index (Phi) is 8.61. The van der Waals surface area contributed by atoms with E-state index in [2.05, 4.69) is 16.7 Å². The predicted molar refractivity (Wildman–Crippen MR) is 116 cm³/mol. The highest BCUT2D eigenvalue weighted by Gasteiger charge is 2.16. The number of nitrogens with one attached hydrogen (secondary N) is 2. The third-order valence-electron chi connectivity index (χ3n) is 5.05. The molecule has 1 saturated heterocycles. The first-order valence-corrected chi connectivity index (χ1v) is 9.51. The number of hydrogen-bond donors (Lipinski definition) is 2. The molecule has 1 fully saturated rings. The summed E-state index contributed by atoms with van der Waals surface area (Å²) in [7, 11) is 4.71. The quantitative estimate of drug-likeness (QED) is 0.686. The Balaban J connectivity index is 0.00000300. The summed E-state index contributed by atoms with van der Waals surface area (Å²) in [5.74, 6) is 2.23. The first kappa shape index (κ1) is 22.8. The fourth-order valence-electron chi connectivity index (χ4n) is 3.58. The van der Waals surface area contributed by atoms with E-state index in [1.807, 2.05) is 30.3 Å². The van der Waals surface area contributed by atoms with Gasteiger partial charge in [0.05, 0.1) is 21.3 Å². The van der Waals surface area contributed by atoms with Crippen LogP contribution in [0.2, 0.25) is 0 Å². The van der Waals surface area contributed by atoms with Crippen molar-refractivity contribution >= 4 is 18.3 Å². The van der Waals surface area contributed by atoms with E-state index in [-0.39, 0.29) is 18.3 Å². The fourth-order valence-corrected chi connectivity index (χ4v) is 3.58. The van der Waals surface area contributed by atoms with Gasteiger partial charge in [-0.2, -0.15) is 0 Å². The molecule has 0 spiro atoms. The van der Waals surface area contributed by atoms with Gasteiger partial charge < -0.3 is 24.8 Å². The van der Waals surface area contributed by atoms with Gasteiger partial charge in [-0.25, -0.2) is 0 Å². The molecule has 158 valence electrons. The molecule has 0 bridgehead atoms. The largest absolute Gasteiger partial charge is 0.493 e. The smallest absolute Gasteiger partial charge is 0.251 e. The third-order valence-corrected chi connectivity index (χ3v) is 5.05. The average Bonchev–Trinajstić information content (AvgIpc) is 3.24. The van der Waals surface area contributed by atoms with Crippen molar-refractivity contribution in [1.82, 2.24) is 10.6 Å². The number of halogens is 1. The molecule has 6 nitrogen and oxygen atoms in total. The SMILES string of the molecule is COc1cc(CNC(=O)c2cccc(CC3CCNC3)c2)cc(OC)c1OC.Cl. The number of rotatable bonds is 8. The van der Waals surface area contributed by atoms with Gasteiger partial charge in [0.25, 0.3) is 5.91 Å². The maximum atomic E-state index is 12.6. The summed E-state index contributed by atoms with van der Waals surface area (Å²) in [6.45, 7) is 2.50. The topological polar surface area (TPSA) is 68.8 Å².